The van der Waals surface area contributed by atoms with Crippen LogP contribution in [0.2, 0.25) is 0 Å². The van der Waals surface area contributed by atoms with Gasteiger partial charge in [-0.3, -0.25) is 4.79 Å². The van der Waals surface area contributed by atoms with Gasteiger partial charge in [0, 0.05) is 25.0 Å². The Morgan fingerprint density at radius 1 is 1.32 bits per heavy atom. The van der Waals surface area contributed by atoms with Crippen LogP contribution in [0.5, 0.6) is 11.5 Å². The molecule has 1 N–H and O–H groups in total. The predicted octanol–water partition coefficient (Wildman–Crippen LogP) is 2.02. The maximum absolute atomic E-state index is 12.1. The highest BCUT2D eigenvalue weighted by Gasteiger charge is 2.26. The molecule has 1 atom stereocenters. The van der Waals surface area contributed by atoms with E-state index in [4.69, 9.17) is 9.47 Å². The molecule has 1 aliphatic heterocycles. The van der Waals surface area contributed by atoms with Crippen molar-refractivity contribution >= 4 is 5.91 Å². The van der Waals surface area contributed by atoms with Gasteiger partial charge in [-0.2, -0.15) is 0 Å². The standard InChI is InChI=1S/C16H19N3O3/c1-21-11-5-6-12(14(10-11)22-2)15-17-8-9-19(15)13-4-3-7-18-16(13)20/h5-6,8-10,13H,3-4,7H2,1-2H3,(H,18,20)/t13-/m0/s1. The third-order valence-electron chi connectivity index (χ3n) is 3.91. The number of nitrogens with one attached hydrogen (secondary N) is 1. The summed E-state index contributed by atoms with van der Waals surface area (Å²) in [5, 5.41) is 2.91. The van der Waals surface area contributed by atoms with E-state index in [0.29, 0.717) is 11.5 Å². The van der Waals surface area contributed by atoms with Gasteiger partial charge in [-0.15, -0.1) is 0 Å². The number of amides is 1. The highest BCUT2D eigenvalue weighted by Crippen LogP contribution is 2.34. The Morgan fingerprint density at radius 3 is 2.91 bits per heavy atom. The van der Waals surface area contributed by atoms with E-state index < -0.39 is 0 Å². The van der Waals surface area contributed by atoms with Crippen LogP contribution in [0.25, 0.3) is 11.4 Å². The van der Waals surface area contributed by atoms with Crippen molar-refractivity contribution in [3.63, 3.8) is 0 Å². The Bertz CT molecular complexity index is 681. The number of methoxy groups -OCH3 is 2. The summed E-state index contributed by atoms with van der Waals surface area (Å²) in [6.45, 7) is 0.741. The van der Waals surface area contributed by atoms with Crippen molar-refractivity contribution < 1.29 is 14.3 Å². The van der Waals surface area contributed by atoms with Gasteiger partial charge in [0.25, 0.3) is 0 Å². The molecule has 22 heavy (non-hydrogen) atoms. The monoisotopic (exact) mass is 301 g/mol. The number of rotatable bonds is 4. The molecule has 1 saturated heterocycles. The number of imidazole rings is 1. The van der Waals surface area contributed by atoms with E-state index in [9.17, 15) is 4.79 Å². The van der Waals surface area contributed by atoms with Gasteiger partial charge in [0.1, 0.15) is 23.4 Å². The Morgan fingerprint density at radius 2 is 2.18 bits per heavy atom. The number of ether oxygens (including phenoxy) is 2. The Balaban J connectivity index is 2.03. The molecule has 6 heteroatoms. The minimum absolute atomic E-state index is 0.0398. The van der Waals surface area contributed by atoms with Crippen LogP contribution in [0.3, 0.4) is 0 Å². The first kappa shape index (κ1) is 14.4. The zero-order valence-corrected chi connectivity index (χ0v) is 12.7. The molecule has 0 radical (unpaired) electrons. The molecule has 2 heterocycles. The van der Waals surface area contributed by atoms with Gasteiger partial charge in [0.15, 0.2) is 0 Å². The molecule has 0 unspecified atom stereocenters. The van der Waals surface area contributed by atoms with E-state index in [1.54, 1.807) is 20.4 Å². The SMILES string of the molecule is COc1ccc(-c2nccn2[C@H]2CCCNC2=O)c(OC)c1. The van der Waals surface area contributed by atoms with Crippen LogP contribution in [0.1, 0.15) is 18.9 Å². The van der Waals surface area contributed by atoms with Crippen molar-refractivity contribution in [2.45, 2.75) is 18.9 Å². The lowest BCUT2D eigenvalue weighted by Gasteiger charge is -2.24. The molecule has 3 rings (SSSR count). The zero-order valence-electron chi connectivity index (χ0n) is 12.7. The molecule has 0 spiro atoms. The van der Waals surface area contributed by atoms with Gasteiger partial charge >= 0.3 is 0 Å². The quantitative estimate of drug-likeness (QED) is 0.938. The Labute approximate surface area is 129 Å². The molecule has 1 aromatic heterocycles. The molecule has 1 fully saturated rings. The lowest BCUT2D eigenvalue weighted by Crippen LogP contribution is -2.37. The van der Waals surface area contributed by atoms with E-state index in [-0.39, 0.29) is 11.9 Å². The first-order chi connectivity index (χ1) is 10.7. The first-order valence-electron chi connectivity index (χ1n) is 7.27. The number of hydrogen-bond acceptors (Lipinski definition) is 4. The average Bonchev–Trinajstić information content (AvgIpc) is 3.03. The fourth-order valence-electron chi connectivity index (χ4n) is 2.78. The molecular weight excluding hydrogens is 282 g/mol. The van der Waals surface area contributed by atoms with Crippen LogP contribution in [0.4, 0.5) is 0 Å². The number of carbonyl (C=O) groups excluding carboxylic acids is 1. The largest absolute Gasteiger partial charge is 0.497 e. The molecular formula is C16H19N3O3. The van der Waals surface area contributed by atoms with E-state index in [2.05, 4.69) is 10.3 Å². The molecule has 1 aromatic carbocycles. The van der Waals surface area contributed by atoms with Crippen LogP contribution >= 0.6 is 0 Å². The topological polar surface area (TPSA) is 65.4 Å². The lowest BCUT2D eigenvalue weighted by molar-refractivity contribution is -0.125. The predicted molar refractivity (Wildman–Crippen MR) is 82.0 cm³/mol. The second-order valence-electron chi connectivity index (χ2n) is 5.17. The minimum atomic E-state index is -0.224. The fourth-order valence-corrected chi connectivity index (χ4v) is 2.78. The van der Waals surface area contributed by atoms with Crippen molar-refractivity contribution in [1.82, 2.24) is 14.9 Å². The second-order valence-corrected chi connectivity index (χ2v) is 5.17. The highest BCUT2D eigenvalue weighted by molar-refractivity contribution is 5.82. The zero-order chi connectivity index (χ0) is 15.5. The van der Waals surface area contributed by atoms with Crippen molar-refractivity contribution in [2.24, 2.45) is 0 Å². The van der Waals surface area contributed by atoms with Crippen LogP contribution in [-0.4, -0.2) is 36.2 Å². The first-order valence-corrected chi connectivity index (χ1v) is 7.27. The molecule has 2 aromatic rings. The summed E-state index contributed by atoms with van der Waals surface area (Å²) in [6.07, 6.45) is 5.33. The van der Waals surface area contributed by atoms with Gasteiger partial charge in [-0.05, 0) is 25.0 Å². The summed E-state index contributed by atoms with van der Waals surface area (Å²) in [5.41, 5.74) is 0.840. The molecule has 0 aliphatic carbocycles. The van der Waals surface area contributed by atoms with Crippen LogP contribution in [0, 0.1) is 0 Å². The van der Waals surface area contributed by atoms with Crippen LogP contribution in [0.15, 0.2) is 30.6 Å². The number of aromatic nitrogens is 2. The maximum atomic E-state index is 12.1. The normalized spacial score (nSPS) is 17.9. The van der Waals surface area contributed by atoms with Crippen molar-refractivity contribution in [3.05, 3.63) is 30.6 Å². The second kappa shape index (κ2) is 6.09. The Hall–Kier alpha value is -2.50. The summed E-state index contributed by atoms with van der Waals surface area (Å²) >= 11 is 0. The molecule has 116 valence electrons. The van der Waals surface area contributed by atoms with Gasteiger partial charge in [0.05, 0.1) is 19.8 Å². The molecule has 0 bridgehead atoms. The van der Waals surface area contributed by atoms with Crippen molar-refractivity contribution in [1.29, 1.82) is 0 Å². The molecule has 1 aliphatic rings. The number of nitrogens with zero attached hydrogens (tertiary/aromatic N) is 2. The van der Waals surface area contributed by atoms with Crippen LogP contribution < -0.4 is 14.8 Å². The summed E-state index contributed by atoms with van der Waals surface area (Å²) in [6, 6.07) is 5.35. The number of piperidine rings is 1. The maximum Gasteiger partial charge on any atom is 0.243 e. The van der Waals surface area contributed by atoms with Gasteiger partial charge < -0.3 is 19.4 Å². The molecule has 0 saturated carbocycles. The highest BCUT2D eigenvalue weighted by atomic mass is 16.5. The van der Waals surface area contributed by atoms with E-state index >= 15 is 0 Å². The van der Waals surface area contributed by atoms with Gasteiger partial charge in [0.2, 0.25) is 5.91 Å². The Kier molecular flexibility index (Phi) is 4.00. The fraction of sp³-hybridized carbons (Fsp3) is 0.375. The van der Waals surface area contributed by atoms with Crippen molar-refractivity contribution in [3.8, 4) is 22.9 Å². The van der Waals surface area contributed by atoms with E-state index in [0.717, 1.165) is 30.8 Å². The van der Waals surface area contributed by atoms with Crippen molar-refractivity contribution in [2.75, 3.05) is 20.8 Å². The number of hydrogen-bond donors (Lipinski definition) is 1. The smallest absolute Gasteiger partial charge is 0.243 e. The summed E-state index contributed by atoms with van der Waals surface area (Å²) in [4.78, 5) is 16.5. The molecule has 1 amide bonds. The van der Waals surface area contributed by atoms with Gasteiger partial charge in [-0.1, -0.05) is 0 Å². The summed E-state index contributed by atoms with van der Waals surface area (Å²) in [5.74, 6) is 2.15. The summed E-state index contributed by atoms with van der Waals surface area (Å²) in [7, 11) is 3.22. The molecule has 6 nitrogen and oxygen atoms in total. The summed E-state index contributed by atoms with van der Waals surface area (Å²) < 4.78 is 12.6. The third-order valence-corrected chi connectivity index (χ3v) is 3.91. The third kappa shape index (κ3) is 2.52. The minimum Gasteiger partial charge on any atom is -0.497 e. The van der Waals surface area contributed by atoms with E-state index in [1.807, 2.05) is 29.0 Å². The van der Waals surface area contributed by atoms with Gasteiger partial charge in [-0.25, -0.2) is 4.98 Å². The van der Waals surface area contributed by atoms with Crippen LogP contribution in [-0.2, 0) is 4.79 Å². The number of benzene rings is 1. The lowest BCUT2D eigenvalue weighted by atomic mass is 10.1. The number of carbonyl (C=O) groups is 1. The average molecular weight is 301 g/mol. The van der Waals surface area contributed by atoms with E-state index in [1.165, 1.54) is 0 Å².